The highest BCUT2D eigenvalue weighted by atomic mass is 14.9. The van der Waals surface area contributed by atoms with Gasteiger partial charge in [0.25, 0.3) is 0 Å². The highest BCUT2D eigenvalue weighted by Gasteiger charge is 2.09. The summed E-state index contributed by atoms with van der Waals surface area (Å²) in [6.07, 6.45) is 6.09. The maximum absolute atomic E-state index is 4.28. The van der Waals surface area contributed by atoms with Gasteiger partial charge in [0.2, 0.25) is 0 Å². The molecular weight excluding hydrogens is 232 g/mol. The average molecular weight is 248 g/mol. The zero-order valence-corrected chi connectivity index (χ0v) is 10.8. The van der Waals surface area contributed by atoms with E-state index in [0.29, 0.717) is 6.04 Å². The van der Waals surface area contributed by atoms with Gasteiger partial charge in [0.15, 0.2) is 0 Å². The van der Waals surface area contributed by atoms with Crippen LogP contribution in [-0.2, 0) is 0 Å². The Morgan fingerprint density at radius 2 is 2.00 bits per heavy atom. The highest BCUT2D eigenvalue weighted by Crippen LogP contribution is 2.18. The molecule has 2 heterocycles. The van der Waals surface area contributed by atoms with Gasteiger partial charge < -0.3 is 5.32 Å². The molecule has 1 aromatic heterocycles. The molecule has 1 aromatic carbocycles. The molecule has 1 atom stereocenters. The second-order valence-corrected chi connectivity index (χ2v) is 4.75. The van der Waals surface area contributed by atoms with E-state index >= 15 is 0 Å². The summed E-state index contributed by atoms with van der Waals surface area (Å²) in [6.45, 7) is 1.08. The number of hydrogen-bond acceptors (Lipinski definition) is 2. The summed E-state index contributed by atoms with van der Waals surface area (Å²) in [4.78, 5) is 4.28. The molecule has 0 radical (unpaired) electrons. The summed E-state index contributed by atoms with van der Waals surface area (Å²) in [5.41, 5.74) is 3.28. The number of nitrogens with one attached hydrogen (secondary N) is 1. The van der Waals surface area contributed by atoms with Gasteiger partial charge in [0, 0.05) is 23.5 Å². The molecule has 1 saturated heterocycles. The quantitative estimate of drug-likeness (QED) is 0.785. The lowest BCUT2D eigenvalue weighted by molar-refractivity contribution is 0.749. The van der Waals surface area contributed by atoms with E-state index in [1.807, 2.05) is 30.6 Å². The maximum atomic E-state index is 4.28. The van der Waals surface area contributed by atoms with Crippen molar-refractivity contribution in [1.82, 2.24) is 10.3 Å². The van der Waals surface area contributed by atoms with E-state index in [4.69, 9.17) is 0 Å². The smallest absolute Gasteiger partial charge is 0.0693 e. The SMILES string of the molecule is C(#C[C@H]1CCCN1)c1cncc(-c2ccccc2)c1. The number of pyridine rings is 1. The molecule has 0 spiro atoms. The molecule has 1 fully saturated rings. The first-order valence-corrected chi connectivity index (χ1v) is 6.67. The molecular formula is C17H16N2. The Kier molecular flexibility index (Phi) is 3.58. The Labute approximate surface area is 113 Å². The van der Waals surface area contributed by atoms with Crippen molar-refractivity contribution in [3.8, 4) is 23.0 Å². The summed E-state index contributed by atoms with van der Waals surface area (Å²) in [6, 6.07) is 12.7. The van der Waals surface area contributed by atoms with Crippen molar-refractivity contribution in [2.24, 2.45) is 0 Å². The van der Waals surface area contributed by atoms with Gasteiger partial charge in [-0.3, -0.25) is 4.98 Å². The van der Waals surface area contributed by atoms with E-state index in [0.717, 1.165) is 24.1 Å². The topological polar surface area (TPSA) is 24.9 Å². The van der Waals surface area contributed by atoms with Gasteiger partial charge in [-0.2, -0.15) is 0 Å². The Morgan fingerprint density at radius 1 is 1.11 bits per heavy atom. The normalized spacial score (nSPS) is 17.8. The Morgan fingerprint density at radius 3 is 2.79 bits per heavy atom. The fourth-order valence-electron chi connectivity index (χ4n) is 2.27. The highest BCUT2D eigenvalue weighted by molar-refractivity contribution is 5.64. The third-order valence-electron chi connectivity index (χ3n) is 3.30. The van der Waals surface area contributed by atoms with Crippen LogP contribution in [0.1, 0.15) is 18.4 Å². The lowest BCUT2D eigenvalue weighted by Crippen LogP contribution is -2.18. The van der Waals surface area contributed by atoms with Crippen molar-refractivity contribution in [2.75, 3.05) is 6.54 Å². The minimum Gasteiger partial charge on any atom is -0.304 e. The second kappa shape index (κ2) is 5.69. The summed E-state index contributed by atoms with van der Waals surface area (Å²) >= 11 is 0. The van der Waals surface area contributed by atoms with E-state index in [2.05, 4.69) is 40.3 Å². The predicted molar refractivity (Wildman–Crippen MR) is 77.6 cm³/mol. The Hall–Kier alpha value is -2.11. The first-order chi connectivity index (χ1) is 9.42. The van der Waals surface area contributed by atoms with Crippen molar-refractivity contribution >= 4 is 0 Å². The summed E-state index contributed by atoms with van der Waals surface area (Å²) in [5, 5.41) is 3.38. The van der Waals surface area contributed by atoms with Gasteiger partial charge in [-0.25, -0.2) is 0 Å². The predicted octanol–water partition coefficient (Wildman–Crippen LogP) is 2.85. The molecule has 94 valence electrons. The molecule has 0 amide bonds. The van der Waals surface area contributed by atoms with Crippen molar-refractivity contribution in [3.63, 3.8) is 0 Å². The number of hydrogen-bond donors (Lipinski definition) is 1. The molecule has 2 heteroatoms. The molecule has 1 aliphatic rings. The number of benzene rings is 1. The van der Waals surface area contributed by atoms with E-state index in [1.165, 1.54) is 12.0 Å². The molecule has 19 heavy (non-hydrogen) atoms. The largest absolute Gasteiger partial charge is 0.304 e. The minimum atomic E-state index is 0.348. The average Bonchev–Trinajstić information content (AvgIpc) is 3.00. The first kappa shape index (κ1) is 12.0. The van der Waals surface area contributed by atoms with E-state index in [9.17, 15) is 0 Å². The van der Waals surface area contributed by atoms with Crippen LogP contribution in [0, 0.1) is 11.8 Å². The van der Waals surface area contributed by atoms with Crippen molar-refractivity contribution in [3.05, 3.63) is 54.4 Å². The first-order valence-electron chi connectivity index (χ1n) is 6.67. The van der Waals surface area contributed by atoms with Crippen LogP contribution in [0.15, 0.2) is 48.8 Å². The lowest BCUT2D eigenvalue weighted by Gasteiger charge is -2.01. The zero-order chi connectivity index (χ0) is 12.9. The molecule has 0 bridgehead atoms. The fourth-order valence-corrected chi connectivity index (χ4v) is 2.27. The third kappa shape index (κ3) is 3.01. The monoisotopic (exact) mass is 248 g/mol. The van der Waals surface area contributed by atoms with Gasteiger partial charge in [-0.1, -0.05) is 42.2 Å². The molecule has 3 rings (SSSR count). The number of rotatable bonds is 1. The molecule has 2 nitrogen and oxygen atoms in total. The van der Waals surface area contributed by atoms with Crippen LogP contribution >= 0.6 is 0 Å². The molecule has 1 N–H and O–H groups in total. The van der Waals surface area contributed by atoms with Gasteiger partial charge in [-0.15, -0.1) is 0 Å². The van der Waals surface area contributed by atoms with Gasteiger partial charge >= 0.3 is 0 Å². The van der Waals surface area contributed by atoms with Crippen molar-refractivity contribution in [2.45, 2.75) is 18.9 Å². The lowest BCUT2D eigenvalue weighted by atomic mass is 10.1. The van der Waals surface area contributed by atoms with Crippen LogP contribution in [-0.4, -0.2) is 17.6 Å². The van der Waals surface area contributed by atoms with E-state index in [1.54, 1.807) is 0 Å². The van der Waals surface area contributed by atoms with Gasteiger partial charge in [-0.05, 0) is 31.0 Å². The van der Waals surface area contributed by atoms with Crippen LogP contribution in [0.25, 0.3) is 11.1 Å². The van der Waals surface area contributed by atoms with Crippen LogP contribution in [0.2, 0.25) is 0 Å². The molecule has 0 aliphatic carbocycles. The zero-order valence-electron chi connectivity index (χ0n) is 10.8. The van der Waals surface area contributed by atoms with Gasteiger partial charge in [0.05, 0.1) is 6.04 Å². The van der Waals surface area contributed by atoms with E-state index in [-0.39, 0.29) is 0 Å². The number of nitrogens with zero attached hydrogens (tertiary/aromatic N) is 1. The van der Waals surface area contributed by atoms with Crippen LogP contribution in [0.5, 0.6) is 0 Å². The van der Waals surface area contributed by atoms with Crippen molar-refractivity contribution < 1.29 is 0 Å². The molecule has 0 saturated carbocycles. The second-order valence-electron chi connectivity index (χ2n) is 4.75. The van der Waals surface area contributed by atoms with Crippen LogP contribution < -0.4 is 5.32 Å². The molecule has 0 unspecified atom stereocenters. The summed E-state index contributed by atoms with van der Waals surface area (Å²) in [5.74, 6) is 6.50. The minimum absolute atomic E-state index is 0.348. The third-order valence-corrected chi connectivity index (χ3v) is 3.30. The standard InChI is InChI=1S/C17H16N2/c1-2-5-15(6-3-1)16-11-14(12-18-13-16)8-9-17-7-4-10-19-17/h1-3,5-6,11-13,17,19H,4,7,10H2/t17-/m1/s1. The van der Waals surface area contributed by atoms with E-state index < -0.39 is 0 Å². The molecule has 1 aliphatic heterocycles. The fraction of sp³-hybridized carbons (Fsp3) is 0.235. The van der Waals surface area contributed by atoms with Crippen LogP contribution in [0.3, 0.4) is 0 Å². The summed E-state index contributed by atoms with van der Waals surface area (Å²) < 4.78 is 0. The van der Waals surface area contributed by atoms with Gasteiger partial charge in [0.1, 0.15) is 0 Å². The van der Waals surface area contributed by atoms with Crippen molar-refractivity contribution in [1.29, 1.82) is 0 Å². The Bertz CT molecular complexity index is 602. The Balaban J connectivity index is 1.84. The molecule has 2 aromatic rings. The summed E-state index contributed by atoms with van der Waals surface area (Å²) in [7, 11) is 0. The number of aromatic nitrogens is 1. The van der Waals surface area contributed by atoms with Crippen LogP contribution in [0.4, 0.5) is 0 Å². The maximum Gasteiger partial charge on any atom is 0.0693 e.